The first-order valence-corrected chi connectivity index (χ1v) is 11.8. The minimum atomic E-state index is -0.466. The Kier molecular flexibility index (Phi) is 8.61. The second kappa shape index (κ2) is 11.6. The normalized spacial score (nSPS) is 17.3. The van der Waals surface area contributed by atoms with Gasteiger partial charge in [0.05, 0.1) is 11.5 Å². The molecule has 174 valence electrons. The molecular weight excluding hydrogens is 440 g/mol. The first-order valence-electron chi connectivity index (χ1n) is 11.0. The van der Waals surface area contributed by atoms with Crippen LogP contribution in [0.2, 0.25) is 0 Å². The van der Waals surface area contributed by atoms with E-state index in [0.29, 0.717) is 43.2 Å². The highest BCUT2D eigenvalue weighted by Gasteiger charge is 2.37. The summed E-state index contributed by atoms with van der Waals surface area (Å²) in [4.78, 5) is 41.0. The molecule has 2 aliphatic rings. The van der Waals surface area contributed by atoms with E-state index in [9.17, 15) is 14.4 Å². The van der Waals surface area contributed by atoms with E-state index in [-0.39, 0.29) is 24.0 Å². The molecule has 0 aromatic heterocycles. The molecule has 3 amide bonds. The van der Waals surface area contributed by atoms with Gasteiger partial charge in [0.2, 0.25) is 5.91 Å². The topological polar surface area (TPSA) is 76.2 Å². The van der Waals surface area contributed by atoms with Crippen molar-refractivity contribution in [2.24, 2.45) is 0 Å². The number of hydrogen-bond donors (Lipinski definition) is 0. The molecule has 0 saturated carbocycles. The summed E-state index contributed by atoms with van der Waals surface area (Å²) in [6.45, 7) is 7.26. The van der Waals surface area contributed by atoms with Crippen LogP contribution < -0.4 is 9.47 Å². The summed E-state index contributed by atoms with van der Waals surface area (Å²) < 4.78 is 11.4. The number of benzene rings is 1. The summed E-state index contributed by atoms with van der Waals surface area (Å²) in [5.74, 6) is 2.82. The Hall–Kier alpha value is -3.18. The highest BCUT2D eigenvalue weighted by molar-refractivity contribution is 8.18. The summed E-state index contributed by atoms with van der Waals surface area (Å²) in [7, 11) is 0. The van der Waals surface area contributed by atoms with Gasteiger partial charge in [-0.3, -0.25) is 19.3 Å². The fourth-order valence-electron chi connectivity index (χ4n) is 3.78. The van der Waals surface area contributed by atoms with Crippen molar-refractivity contribution < 1.29 is 23.9 Å². The summed E-state index contributed by atoms with van der Waals surface area (Å²) >= 11 is 0.831. The van der Waals surface area contributed by atoms with E-state index < -0.39 is 11.1 Å². The molecule has 1 aromatic carbocycles. The van der Waals surface area contributed by atoms with Gasteiger partial charge in [0.1, 0.15) is 13.2 Å². The number of amides is 3. The van der Waals surface area contributed by atoms with E-state index in [2.05, 4.69) is 12.5 Å². The lowest BCUT2D eigenvalue weighted by Gasteiger charge is -2.27. The zero-order chi connectivity index (χ0) is 23.8. The molecule has 8 heteroatoms. The number of rotatable bonds is 9. The van der Waals surface area contributed by atoms with Crippen LogP contribution in [-0.2, 0) is 16.0 Å². The number of hydrogen-bond acceptors (Lipinski definition) is 6. The van der Waals surface area contributed by atoms with Crippen LogP contribution in [0.1, 0.15) is 37.3 Å². The van der Waals surface area contributed by atoms with Crippen molar-refractivity contribution in [2.45, 2.75) is 32.6 Å². The monoisotopic (exact) mass is 468 g/mol. The SMILES string of the molecule is C#CCOc1c(CC=C)cc(/C=C2\SC(=O)N(CC(=O)N3CCCCC3)C2=O)cc1OCC. The number of thioether (sulfide) groups is 1. The highest BCUT2D eigenvalue weighted by atomic mass is 32.2. The summed E-state index contributed by atoms with van der Waals surface area (Å²) in [5.41, 5.74) is 1.48. The number of carbonyl (C=O) groups is 3. The van der Waals surface area contributed by atoms with Gasteiger partial charge < -0.3 is 14.4 Å². The molecule has 0 atom stereocenters. The lowest BCUT2D eigenvalue weighted by molar-refractivity contribution is -0.136. The fourth-order valence-corrected chi connectivity index (χ4v) is 4.62. The zero-order valence-corrected chi connectivity index (χ0v) is 19.6. The van der Waals surface area contributed by atoms with Gasteiger partial charge in [0.25, 0.3) is 11.1 Å². The van der Waals surface area contributed by atoms with Crippen molar-refractivity contribution in [3.63, 3.8) is 0 Å². The Morgan fingerprint density at radius 2 is 2.00 bits per heavy atom. The van der Waals surface area contributed by atoms with Crippen molar-refractivity contribution in [2.75, 3.05) is 32.8 Å². The van der Waals surface area contributed by atoms with Gasteiger partial charge in [-0.1, -0.05) is 12.0 Å². The molecule has 0 spiro atoms. The Labute approximate surface area is 198 Å². The molecule has 2 saturated heterocycles. The number of terminal acetylenes is 1. The smallest absolute Gasteiger partial charge is 0.294 e. The largest absolute Gasteiger partial charge is 0.490 e. The summed E-state index contributed by atoms with van der Waals surface area (Å²) in [5, 5.41) is -0.443. The summed E-state index contributed by atoms with van der Waals surface area (Å²) in [6, 6.07) is 3.59. The van der Waals surface area contributed by atoms with E-state index in [0.717, 1.165) is 41.5 Å². The first-order chi connectivity index (χ1) is 16.0. The molecule has 1 aromatic rings. The molecule has 0 aliphatic carbocycles. The minimum absolute atomic E-state index is 0.0908. The van der Waals surface area contributed by atoms with Gasteiger partial charge >= 0.3 is 0 Å². The second-order valence-electron chi connectivity index (χ2n) is 7.64. The number of carbonyl (C=O) groups excluding carboxylic acids is 3. The van der Waals surface area contributed by atoms with Crippen molar-refractivity contribution in [1.82, 2.24) is 9.80 Å². The van der Waals surface area contributed by atoms with Crippen LogP contribution in [0.4, 0.5) is 4.79 Å². The number of piperidine rings is 1. The molecule has 0 N–H and O–H groups in total. The lowest BCUT2D eigenvalue weighted by Crippen LogP contribution is -2.44. The molecule has 0 unspecified atom stereocenters. The van der Waals surface area contributed by atoms with Gasteiger partial charge in [-0.15, -0.1) is 13.0 Å². The minimum Gasteiger partial charge on any atom is -0.490 e. The van der Waals surface area contributed by atoms with Crippen LogP contribution in [0.25, 0.3) is 6.08 Å². The van der Waals surface area contributed by atoms with Crippen LogP contribution in [0.3, 0.4) is 0 Å². The Balaban J connectivity index is 1.84. The number of imide groups is 1. The lowest BCUT2D eigenvalue weighted by atomic mass is 10.0. The second-order valence-corrected chi connectivity index (χ2v) is 8.63. The predicted molar refractivity (Wildman–Crippen MR) is 129 cm³/mol. The number of likely N-dealkylation sites (tertiary alicyclic amines) is 1. The third-order valence-corrected chi connectivity index (χ3v) is 6.20. The van der Waals surface area contributed by atoms with Crippen LogP contribution in [0, 0.1) is 12.3 Å². The van der Waals surface area contributed by atoms with Crippen LogP contribution >= 0.6 is 11.8 Å². The Morgan fingerprint density at radius 1 is 1.24 bits per heavy atom. The van der Waals surface area contributed by atoms with Crippen molar-refractivity contribution in [1.29, 1.82) is 0 Å². The fraction of sp³-hybridized carbons (Fsp3) is 0.400. The van der Waals surface area contributed by atoms with E-state index in [1.54, 1.807) is 23.1 Å². The molecule has 3 rings (SSSR count). The molecule has 0 radical (unpaired) electrons. The maximum absolute atomic E-state index is 12.9. The van der Waals surface area contributed by atoms with Crippen molar-refractivity contribution in [3.8, 4) is 23.8 Å². The van der Waals surface area contributed by atoms with E-state index >= 15 is 0 Å². The first kappa shape index (κ1) is 24.5. The molecule has 2 heterocycles. The summed E-state index contributed by atoms with van der Waals surface area (Å²) in [6.07, 6.45) is 12.2. The number of nitrogens with zero attached hydrogens (tertiary/aromatic N) is 2. The molecular formula is C25H28N2O5S. The van der Waals surface area contributed by atoms with Crippen LogP contribution in [-0.4, -0.2) is 59.7 Å². The highest BCUT2D eigenvalue weighted by Crippen LogP contribution is 2.37. The van der Waals surface area contributed by atoms with Crippen molar-refractivity contribution >= 4 is 34.9 Å². The predicted octanol–water partition coefficient (Wildman–Crippen LogP) is 3.87. The average Bonchev–Trinajstić information content (AvgIpc) is 3.07. The molecule has 2 aliphatic heterocycles. The van der Waals surface area contributed by atoms with Gasteiger partial charge in [-0.05, 0) is 68.1 Å². The number of ether oxygens (including phenoxy) is 2. The maximum Gasteiger partial charge on any atom is 0.294 e. The van der Waals surface area contributed by atoms with E-state index in [1.807, 2.05) is 13.0 Å². The average molecular weight is 469 g/mol. The van der Waals surface area contributed by atoms with Gasteiger partial charge in [-0.25, -0.2) is 0 Å². The quantitative estimate of drug-likeness (QED) is 0.311. The van der Waals surface area contributed by atoms with E-state index in [1.165, 1.54) is 0 Å². The zero-order valence-electron chi connectivity index (χ0n) is 18.8. The third kappa shape index (κ3) is 5.99. The van der Waals surface area contributed by atoms with Gasteiger partial charge in [0.15, 0.2) is 11.5 Å². The molecule has 2 fully saturated rings. The molecule has 0 bridgehead atoms. The van der Waals surface area contributed by atoms with Crippen LogP contribution in [0.5, 0.6) is 11.5 Å². The van der Waals surface area contributed by atoms with Gasteiger partial charge in [-0.2, -0.15) is 0 Å². The molecule has 33 heavy (non-hydrogen) atoms. The maximum atomic E-state index is 12.9. The van der Waals surface area contributed by atoms with Gasteiger partial charge in [0, 0.05) is 18.7 Å². The third-order valence-electron chi connectivity index (χ3n) is 5.29. The van der Waals surface area contributed by atoms with Crippen molar-refractivity contribution in [3.05, 3.63) is 40.8 Å². The Morgan fingerprint density at radius 3 is 2.67 bits per heavy atom. The molecule has 7 nitrogen and oxygen atoms in total. The standard InChI is InChI=1S/C25H28N2O5S/c1-4-10-19-14-18(15-20(31-6-3)23(19)32-13-5-2)16-21-24(29)27(25(30)33-21)17-22(28)26-11-8-7-9-12-26/h2,4,14-16H,1,6-13,17H2,3H3/b21-16-. The van der Waals surface area contributed by atoms with Crippen LogP contribution in [0.15, 0.2) is 29.7 Å². The number of allylic oxidation sites excluding steroid dienone is 1. The van der Waals surface area contributed by atoms with E-state index in [4.69, 9.17) is 15.9 Å². The Bertz CT molecular complexity index is 1000.